The van der Waals surface area contributed by atoms with Crippen molar-refractivity contribution in [2.45, 2.75) is 55.8 Å². The molecule has 1 aliphatic rings. The fourth-order valence-corrected chi connectivity index (χ4v) is 4.34. The van der Waals surface area contributed by atoms with Crippen molar-refractivity contribution in [3.8, 4) is 0 Å². The molecule has 2 aromatic carbocycles. The van der Waals surface area contributed by atoms with Crippen LogP contribution < -0.4 is 10.0 Å². The number of rotatable bonds is 7. The van der Waals surface area contributed by atoms with Gasteiger partial charge in [0.2, 0.25) is 15.9 Å². The Morgan fingerprint density at radius 3 is 2.42 bits per heavy atom. The zero-order chi connectivity index (χ0) is 23.0. The van der Waals surface area contributed by atoms with E-state index in [1.165, 1.54) is 31.2 Å². The largest absolute Gasteiger partial charge is 0.421 e. The molecule has 1 fully saturated rings. The molecule has 3 rings (SSSR count). The van der Waals surface area contributed by atoms with E-state index in [1.807, 2.05) is 0 Å². The Morgan fingerprint density at radius 1 is 1.16 bits per heavy atom. The van der Waals surface area contributed by atoms with E-state index in [0.29, 0.717) is 23.7 Å². The van der Waals surface area contributed by atoms with Crippen molar-refractivity contribution in [2.75, 3.05) is 5.32 Å². The van der Waals surface area contributed by atoms with Crippen molar-refractivity contribution < 1.29 is 31.5 Å². The van der Waals surface area contributed by atoms with E-state index in [4.69, 9.17) is 0 Å². The molecule has 0 aliphatic heterocycles. The fraction of sp³-hybridized carbons (Fsp3) is 0.381. The highest BCUT2D eigenvalue weighted by atomic mass is 32.2. The standard InChI is InChI=1S/C21H23F3N2O4S/c1-13-10-15(20(2,28)21(22,23)24)6-9-18(13)25-19(27)12-14-4-3-5-17(11-14)31(29,30)26-16-7-8-16/h3-6,9-11,16,26,28H,7-8,12H2,1-2H3,(H,25,27). The summed E-state index contributed by atoms with van der Waals surface area (Å²) in [5.74, 6) is -0.455. The van der Waals surface area contributed by atoms with Gasteiger partial charge in [-0.15, -0.1) is 0 Å². The van der Waals surface area contributed by atoms with Crippen LogP contribution in [0.25, 0.3) is 0 Å². The average Bonchev–Trinajstić information content (AvgIpc) is 3.46. The predicted molar refractivity (Wildman–Crippen MR) is 109 cm³/mol. The van der Waals surface area contributed by atoms with Gasteiger partial charge in [-0.1, -0.05) is 24.3 Å². The molecule has 1 unspecified atom stereocenters. The van der Waals surface area contributed by atoms with E-state index in [-0.39, 0.29) is 22.9 Å². The van der Waals surface area contributed by atoms with E-state index in [9.17, 15) is 31.5 Å². The van der Waals surface area contributed by atoms with Gasteiger partial charge in [0.25, 0.3) is 0 Å². The maximum Gasteiger partial charge on any atom is 0.421 e. The number of carbonyl (C=O) groups excluding carboxylic acids is 1. The second-order valence-electron chi connectivity index (χ2n) is 7.87. The lowest BCUT2D eigenvalue weighted by Gasteiger charge is -2.27. The molecule has 0 aromatic heterocycles. The quantitative estimate of drug-likeness (QED) is 0.595. The Balaban J connectivity index is 1.71. The van der Waals surface area contributed by atoms with Crippen molar-refractivity contribution in [1.82, 2.24) is 4.72 Å². The van der Waals surface area contributed by atoms with Gasteiger partial charge in [0.1, 0.15) is 0 Å². The van der Waals surface area contributed by atoms with E-state index in [2.05, 4.69) is 10.0 Å². The number of benzene rings is 2. The SMILES string of the molecule is Cc1cc(C(C)(O)C(F)(F)F)ccc1NC(=O)Cc1cccc(S(=O)(=O)NC2CC2)c1. The molecule has 1 aliphatic carbocycles. The second kappa shape index (κ2) is 8.25. The van der Waals surface area contributed by atoms with Gasteiger partial charge in [0.05, 0.1) is 11.3 Å². The van der Waals surface area contributed by atoms with Gasteiger partial charge in [0.15, 0.2) is 5.60 Å². The third kappa shape index (κ3) is 5.44. The highest BCUT2D eigenvalue weighted by Gasteiger charge is 2.51. The summed E-state index contributed by atoms with van der Waals surface area (Å²) in [5, 5.41) is 12.4. The summed E-state index contributed by atoms with van der Waals surface area (Å²) in [6.45, 7) is 2.18. The number of amides is 1. The van der Waals surface area contributed by atoms with Crippen LogP contribution in [0.1, 0.15) is 36.5 Å². The lowest BCUT2D eigenvalue weighted by atomic mass is 9.93. The van der Waals surface area contributed by atoms with Gasteiger partial charge in [0, 0.05) is 11.7 Å². The number of aliphatic hydroxyl groups is 1. The Labute approximate surface area is 178 Å². The van der Waals surface area contributed by atoms with E-state index in [1.54, 1.807) is 12.1 Å². The van der Waals surface area contributed by atoms with Crippen molar-refractivity contribution in [2.24, 2.45) is 0 Å². The Bertz CT molecular complexity index is 1090. The maximum absolute atomic E-state index is 13.0. The van der Waals surface area contributed by atoms with Crippen LogP contribution >= 0.6 is 0 Å². The van der Waals surface area contributed by atoms with Crippen LogP contribution in [0.2, 0.25) is 0 Å². The summed E-state index contributed by atoms with van der Waals surface area (Å²) in [6.07, 6.45) is -3.35. The molecule has 1 atom stereocenters. The first kappa shape index (κ1) is 23.2. The molecular weight excluding hydrogens is 433 g/mol. The summed E-state index contributed by atoms with van der Waals surface area (Å²) >= 11 is 0. The number of aryl methyl sites for hydroxylation is 1. The summed E-state index contributed by atoms with van der Waals surface area (Å²) in [6, 6.07) is 9.55. The molecule has 0 radical (unpaired) electrons. The molecule has 0 spiro atoms. The van der Waals surface area contributed by atoms with Gasteiger partial charge in [-0.2, -0.15) is 13.2 Å². The molecule has 6 nitrogen and oxygen atoms in total. The van der Waals surface area contributed by atoms with Gasteiger partial charge < -0.3 is 10.4 Å². The van der Waals surface area contributed by atoms with Crippen LogP contribution in [0.4, 0.5) is 18.9 Å². The Kier molecular flexibility index (Phi) is 6.18. The minimum absolute atomic E-state index is 0.0407. The van der Waals surface area contributed by atoms with E-state index < -0.39 is 27.7 Å². The smallest absolute Gasteiger partial charge is 0.376 e. The summed E-state index contributed by atoms with van der Waals surface area (Å²) < 4.78 is 66.3. The van der Waals surface area contributed by atoms with Crippen molar-refractivity contribution in [3.63, 3.8) is 0 Å². The van der Waals surface area contributed by atoms with E-state index in [0.717, 1.165) is 18.9 Å². The number of alkyl halides is 3. The molecule has 0 saturated heterocycles. The fourth-order valence-electron chi connectivity index (χ4n) is 2.96. The van der Waals surface area contributed by atoms with Crippen LogP contribution in [0.5, 0.6) is 0 Å². The number of carbonyl (C=O) groups is 1. The monoisotopic (exact) mass is 456 g/mol. The summed E-state index contributed by atoms with van der Waals surface area (Å²) in [5.41, 5.74) is -2.23. The Morgan fingerprint density at radius 2 is 1.84 bits per heavy atom. The third-order valence-electron chi connectivity index (χ3n) is 5.09. The minimum atomic E-state index is -4.84. The predicted octanol–water partition coefficient (Wildman–Crippen LogP) is 3.39. The van der Waals surface area contributed by atoms with Crippen molar-refractivity contribution in [3.05, 3.63) is 59.2 Å². The first-order valence-corrected chi connectivity index (χ1v) is 11.1. The number of anilines is 1. The van der Waals surface area contributed by atoms with Crippen molar-refractivity contribution >= 4 is 21.6 Å². The van der Waals surface area contributed by atoms with E-state index >= 15 is 0 Å². The molecule has 31 heavy (non-hydrogen) atoms. The highest BCUT2D eigenvalue weighted by Crippen LogP contribution is 2.39. The number of sulfonamides is 1. The number of nitrogens with one attached hydrogen (secondary N) is 2. The molecule has 168 valence electrons. The molecule has 0 heterocycles. The number of halogens is 3. The highest BCUT2D eigenvalue weighted by molar-refractivity contribution is 7.89. The first-order valence-electron chi connectivity index (χ1n) is 9.61. The van der Waals surface area contributed by atoms with Crippen LogP contribution in [-0.2, 0) is 26.8 Å². The van der Waals surface area contributed by atoms with Crippen LogP contribution in [0, 0.1) is 6.92 Å². The zero-order valence-corrected chi connectivity index (χ0v) is 17.8. The molecule has 1 amide bonds. The lowest BCUT2D eigenvalue weighted by Crippen LogP contribution is -2.39. The average molecular weight is 456 g/mol. The molecule has 0 bridgehead atoms. The number of hydrogen-bond donors (Lipinski definition) is 3. The number of hydrogen-bond acceptors (Lipinski definition) is 4. The normalized spacial score (nSPS) is 16.6. The third-order valence-corrected chi connectivity index (χ3v) is 6.61. The molecule has 3 N–H and O–H groups in total. The molecule has 10 heteroatoms. The summed E-state index contributed by atoms with van der Waals surface area (Å²) in [4.78, 5) is 12.5. The first-order chi connectivity index (χ1) is 14.3. The van der Waals surface area contributed by atoms with Crippen LogP contribution in [0.15, 0.2) is 47.4 Å². The molecular formula is C21H23F3N2O4S. The zero-order valence-electron chi connectivity index (χ0n) is 17.0. The Hall–Kier alpha value is -2.43. The van der Waals surface area contributed by atoms with Gasteiger partial charge >= 0.3 is 6.18 Å². The van der Waals surface area contributed by atoms with Gasteiger partial charge in [-0.3, -0.25) is 4.79 Å². The minimum Gasteiger partial charge on any atom is -0.376 e. The van der Waals surface area contributed by atoms with Crippen LogP contribution in [0.3, 0.4) is 0 Å². The lowest BCUT2D eigenvalue weighted by molar-refractivity contribution is -0.258. The van der Waals surface area contributed by atoms with Crippen molar-refractivity contribution in [1.29, 1.82) is 0 Å². The molecule has 1 saturated carbocycles. The second-order valence-corrected chi connectivity index (χ2v) is 9.58. The maximum atomic E-state index is 13.0. The van der Waals surface area contributed by atoms with Gasteiger partial charge in [-0.25, -0.2) is 13.1 Å². The van der Waals surface area contributed by atoms with Crippen LogP contribution in [-0.4, -0.2) is 31.6 Å². The van der Waals surface area contributed by atoms with Gasteiger partial charge in [-0.05, 0) is 61.6 Å². The summed E-state index contributed by atoms with van der Waals surface area (Å²) in [7, 11) is -3.65. The molecule has 2 aromatic rings. The topological polar surface area (TPSA) is 95.5 Å².